The van der Waals surface area contributed by atoms with Crippen molar-refractivity contribution in [2.24, 2.45) is 0 Å². The summed E-state index contributed by atoms with van der Waals surface area (Å²) < 4.78 is 27.5. The summed E-state index contributed by atoms with van der Waals surface area (Å²) in [6.45, 7) is 1.92. The maximum absolute atomic E-state index is 12.0. The highest BCUT2D eigenvalue weighted by atomic mass is 79.9. The van der Waals surface area contributed by atoms with Crippen molar-refractivity contribution in [3.8, 4) is 0 Å². The fraction of sp³-hybridized carbons (Fsp3) is 0.100. The summed E-state index contributed by atoms with van der Waals surface area (Å²) in [5.41, 5.74) is 1.51. The van der Waals surface area contributed by atoms with Gasteiger partial charge in [-0.1, -0.05) is 29.0 Å². The zero-order chi connectivity index (χ0) is 13.3. The summed E-state index contributed by atoms with van der Waals surface area (Å²) in [6.07, 6.45) is 1.23. The van der Waals surface area contributed by atoms with Crippen LogP contribution in [0.3, 0.4) is 0 Å². The summed E-state index contributed by atoms with van der Waals surface area (Å²) in [5.74, 6) is 0. The van der Waals surface area contributed by atoms with Crippen molar-refractivity contribution < 1.29 is 8.42 Å². The van der Waals surface area contributed by atoms with Crippen LogP contribution in [0.5, 0.6) is 0 Å². The number of hydrogen-bond acceptors (Lipinski definition) is 4. The maximum Gasteiger partial charge on any atom is 0.273 e. The summed E-state index contributed by atoms with van der Waals surface area (Å²) in [7, 11) is -3.64. The Hall–Kier alpha value is -0.630. The average Bonchev–Trinajstić information content (AvgIpc) is 2.70. The summed E-state index contributed by atoms with van der Waals surface area (Å²) in [6, 6.07) is 5.35. The zero-order valence-corrected chi connectivity index (χ0v) is 13.1. The molecule has 4 nitrogen and oxygen atoms in total. The Morgan fingerprint density at radius 3 is 2.72 bits per heavy atom. The molecule has 2 rings (SSSR count). The summed E-state index contributed by atoms with van der Waals surface area (Å²) in [5, 5.41) is 0. The molecule has 0 aliphatic carbocycles. The van der Waals surface area contributed by atoms with Crippen LogP contribution >= 0.6 is 38.9 Å². The Kier molecular flexibility index (Phi) is 3.96. The monoisotopic (exact) mass is 366 g/mol. The van der Waals surface area contributed by atoms with E-state index in [-0.39, 0.29) is 8.68 Å². The summed E-state index contributed by atoms with van der Waals surface area (Å²) in [4.78, 5) is 3.71. The third kappa shape index (κ3) is 3.03. The summed E-state index contributed by atoms with van der Waals surface area (Å²) >= 11 is 9.85. The van der Waals surface area contributed by atoms with Crippen LogP contribution in [0.15, 0.2) is 33.1 Å². The van der Waals surface area contributed by atoms with Crippen molar-refractivity contribution >= 4 is 54.6 Å². The maximum atomic E-state index is 12.0. The molecule has 1 aromatic carbocycles. The fourth-order valence-corrected chi connectivity index (χ4v) is 4.36. The van der Waals surface area contributed by atoms with Crippen molar-refractivity contribution in [1.82, 2.24) is 4.98 Å². The van der Waals surface area contributed by atoms with Crippen LogP contribution in [-0.2, 0) is 10.0 Å². The molecule has 96 valence electrons. The Morgan fingerprint density at radius 1 is 1.44 bits per heavy atom. The minimum absolute atomic E-state index is 0.0833. The minimum Gasteiger partial charge on any atom is -0.278 e. The molecule has 1 aromatic heterocycles. The van der Waals surface area contributed by atoms with E-state index in [0.29, 0.717) is 10.2 Å². The van der Waals surface area contributed by atoms with Gasteiger partial charge in [0.15, 0.2) is 8.68 Å². The quantitative estimate of drug-likeness (QED) is 0.900. The molecular weight excluding hydrogens is 360 g/mol. The molecule has 1 heterocycles. The topological polar surface area (TPSA) is 59.1 Å². The first kappa shape index (κ1) is 13.8. The first-order valence-electron chi connectivity index (χ1n) is 4.79. The van der Waals surface area contributed by atoms with Crippen LogP contribution in [0.4, 0.5) is 5.69 Å². The van der Waals surface area contributed by atoms with Crippen molar-refractivity contribution in [2.45, 2.75) is 11.1 Å². The number of hydrogen-bond donors (Lipinski definition) is 1. The van der Waals surface area contributed by atoms with Gasteiger partial charge in [-0.25, -0.2) is 13.4 Å². The van der Waals surface area contributed by atoms with E-state index >= 15 is 0 Å². The number of thiazole rings is 1. The molecule has 18 heavy (non-hydrogen) atoms. The smallest absolute Gasteiger partial charge is 0.273 e. The molecule has 0 aliphatic rings. The SMILES string of the molecule is Cc1ccc(NS(=O)(=O)c2cnc(Cl)s2)c(Br)c1. The Labute approximate surface area is 122 Å². The van der Waals surface area contributed by atoms with Crippen molar-refractivity contribution in [3.63, 3.8) is 0 Å². The number of benzene rings is 1. The van der Waals surface area contributed by atoms with Gasteiger partial charge < -0.3 is 0 Å². The highest BCUT2D eigenvalue weighted by Crippen LogP contribution is 2.28. The molecule has 0 aliphatic heterocycles. The average molecular weight is 368 g/mol. The third-order valence-corrected chi connectivity index (χ3v) is 5.69. The Balaban J connectivity index is 2.33. The number of aryl methyl sites for hydroxylation is 1. The first-order valence-corrected chi connectivity index (χ1v) is 8.26. The molecule has 0 spiro atoms. The van der Waals surface area contributed by atoms with E-state index in [2.05, 4.69) is 25.6 Å². The number of halogens is 2. The molecule has 8 heteroatoms. The van der Waals surface area contributed by atoms with E-state index in [1.54, 1.807) is 6.07 Å². The molecule has 0 bridgehead atoms. The standard InChI is InChI=1S/C10H8BrClN2O2S2/c1-6-2-3-8(7(11)4-6)14-18(15,16)9-5-13-10(12)17-9/h2-5,14H,1H3. The number of rotatable bonds is 3. The lowest BCUT2D eigenvalue weighted by molar-refractivity contribution is 0.603. The zero-order valence-electron chi connectivity index (χ0n) is 9.15. The van der Waals surface area contributed by atoms with Gasteiger partial charge in [0.25, 0.3) is 10.0 Å². The van der Waals surface area contributed by atoms with Crippen molar-refractivity contribution in [2.75, 3.05) is 4.72 Å². The van der Waals surface area contributed by atoms with E-state index in [1.165, 1.54) is 6.20 Å². The number of nitrogens with zero attached hydrogens (tertiary/aromatic N) is 1. The van der Waals surface area contributed by atoms with Crippen LogP contribution in [-0.4, -0.2) is 13.4 Å². The number of anilines is 1. The lowest BCUT2D eigenvalue weighted by Gasteiger charge is -2.08. The molecule has 0 radical (unpaired) electrons. The molecule has 0 saturated carbocycles. The van der Waals surface area contributed by atoms with Gasteiger partial charge in [-0.2, -0.15) is 0 Å². The highest BCUT2D eigenvalue weighted by Gasteiger charge is 2.18. The molecule has 0 saturated heterocycles. The van der Waals surface area contributed by atoms with E-state index in [9.17, 15) is 8.42 Å². The number of nitrogens with one attached hydrogen (secondary N) is 1. The van der Waals surface area contributed by atoms with Gasteiger partial charge in [0.1, 0.15) is 0 Å². The normalized spacial score (nSPS) is 11.5. The van der Waals surface area contributed by atoms with Gasteiger partial charge in [-0.15, -0.1) is 0 Å². The van der Waals surface area contributed by atoms with Gasteiger partial charge >= 0.3 is 0 Å². The van der Waals surface area contributed by atoms with Gasteiger partial charge in [0, 0.05) is 4.47 Å². The number of aromatic nitrogens is 1. The van der Waals surface area contributed by atoms with E-state index in [4.69, 9.17) is 11.6 Å². The Bertz CT molecular complexity index is 685. The van der Waals surface area contributed by atoms with Crippen LogP contribution in [0.2, 0.25) is 4.47 Å². The predicted octanol–water partition coefficient (Wildman–Crippen LogP) is 3.67. The van der Waals surface area contributed by atoms with E-state index < -0.39 is 10.0 Å². The Morgan fingerprint density at radius 2 is 2.17 bits per heavy atom. The van der Waals surface area contributed by atoms with Gasteiger partial charge in [0.2, 0.25) is 0 Å². The van der Waals surface area contributed by atoms with E-state index in [1.807, 2.05) is 19.1 Å². The molecule has 0 amide bonds. The van der Waals surface area contributed by atoms with Gasteiger partial charge in [-0.3, -0.25) is 4.72 Å². The molecular formula is C10H8BrClN2O2S2. The fourth-order valence-electron chi connectivity index (χ4n) is 1.26. The van der Waals surface area contributed by atoms with Gasteiger partial charge in [0.05, 0.1) is 11.9 Å². The highest BCUT2D eigenvalue weighted by molar-refractivity contribution is 9.10. The second-order valence-electron chi connectivity index (χ2n) is 3.52. The van der Waals surface area contributed by atoms with Gasteiger partial charge in [-0.05, 0) is 40.5 Å². The molecule has 0 unspecified atom stereocenters. The minimum atomic E-state index is -3.64. The molecule has 0 atom stereocenters. The van der Waals surface area contributed by atoms with E-state index in [0.717, 1.165) is 16.9 Å². The van der Waals surface area contributed by atoms with Crippen molar-refractivity contribution in [1.29, 1.82) is 0 Å². The van der Waals surface area contributed by atoms with Crippen molar-refractivity contribution in [3.05, 3.63) is 38.9 Å². The third-order valence-electron chi connectivity index (χ3n) is 2.09. The first-order chi connectivity index (χ1) is 8.38. The number of sulfonamides is 1. The second-order valence-corrected chi connectivity index (χ2v) is 7.90. The largest absolute Gasteiger partial charge is 0.278 e. The van der Waals surface area contributed by atoms with Crippen LogP contribution in [0.1, 0.15) is 5.56 Å². The molecule has 0 fully saturated rings. The molecule has 1 N–H and O–H groups in total. The second kappa shape index (κ2) is 5.16. The lowest BCUT2D eigenvalue weighted by atomic mass is 10.2. The molecule has 2 aromatic rings. The van der Waals surface area contributed by atoms with Crippen LogP contribution < -0.4 is 4.72 Å². The van der Waals surface area contributed by atoms with Crippen LogP contribution in [0.25, 0.3) is 0 Å². The van der Waals surface area contributed by atoms with Crippen LogP contribution in [0, 0.1) is 6.92 Å². The predicted molar refractivity (Wildman–Crippen MR) is 76.8 cm³/mol. The lowest BCUT2D eigenvalue weighted by Crippen LogP contribution is -2.11.